The van der Waals surface area contributed by atoms with Crippen LogP contribution in [0.4, 0.5) is 0 Å². The minimum atomic E-state index is -0.499. The third kappa shape index (κ3) is 9.73. The molecule has 0 heterocycles. The summed E-state index contributed by atoms with van der Waals surface area (Å²) < 4.78 is 16.4. The first-order chi connectivity index (χ1) is 10.6. The summed E-state index contributed by atoms with van der Waals surface area (Å²) in [5.74, 6) is 0.866. The van der Waals surface area contributed by atoms with E-state index in [1.54, 1.807) is 0 Å². The van der Waals surface area contributed by atoms with E-state index in [-0.39, 0.29) is 6.10 Å². The Kier molecular flexibility index (Phi) is 9.82. The summed E-state index contributed by atoms with van der Waals surface area (Å²) in [6.07, 6.45) is -0.287. The van der Waals surface area contributed by atoms with E-state index in [9.17, 15) is 5.11 Å². The van der Waals surface area contributed by atoms with E-state index in [1.807, 2.05) is 56.1 Å². The Hall–Kier alpha value is -1.14. The van der Waals surface area contributed by atoms with Crippen molar-refractivity contribution in [2.75, 3.05) is 46.6 Å². The number of aliphatic hydroxyl groups excluding tert-OH is 1. The largest absolute Gasteiger partial charge is 0.492 e. The summed E-state index contributed by atoms with van der Waals surface area (Å²) in [5, 5.41) is 9.90. The van der Waals surface area contributed by atoms with Crippen LogP contribution in [-0.4, -0.2) is 68.8 Å². The van der Waals surface area contributed by atoms with Crippen LogP contribution < -0.4 is 4.74 Å². The van der Waals surface area contributed by atoms with Gasteiger partial charge in [0.25, 0.3) is 0 Å². The standard InChI is InChI=1S/C17H29NO4/c1-15(2)21-12-11-20-14-16(19)13-18(3)9-10-22-17-7-5-4-6-8-17/h4-8,15-16,19H,9-14H2,1-3H3/t16-/m1/s1. The molecule has 0 aliphatic heterocycles. The van der Waals surface area contributed by atoms with Crippen LogP contribution in [0.15, 0.2) is 30.3 Å². The van der Waals surface area contributed by atoms with Gasteiger partial charge in [-0.25, -0.2) is 0 Å². The van der Waals surface area contributed by atoms with Gasteiger partial charge in [0, 0.05) is 13.1 Å². The lowest BCUT2D eigenvalue weighted by Crippen LogP contribution is -2.35. The van der Waals surface area contributed by atoms with Crippen LogP contribution in [0, 0.1) is 0 Å². The van der Waals surface area contributed by atoms with Gasteiger partial charge >= 0.3 is 0 Å². The third-order valence-electron chi connectivity index (χ3n) is 3.00. The predicted octanol–water partition coefficient (Wildman–Crippen LogP) is 1.80. The number of nitrogens with zero attached hydrogens (tertiary/aromatic N) is 1. The third-order valence-corrected chi connectivity index (χ3v) is 3.00. The molecule has 0 bridgehead atoms. The first-order valence-electron chi connectivity index (χ1n) is 7.81. The molecule has 5 nitrogen and oxygen atoms in total. The molecule has 0 aromatic heterocycles. The number of ether oxygens (including phenoxy) is 3. The zero-order valence-electron chi connectivity index (χ0n) is 13.9. The Morgan fingerprint density at radius 2 is 1.82 bits per heavy atom. The predicted molar refractivity (Wildman–Crippen MR) is 87.3 cm³/mol. The molecular formula is C17H29NO4. The van der Waals surface area contributed by atoms with Crippen molar-refractivity contribution < 1.29 is 19.3 Å². The quantitative estimate of drug-likeness (QED) is 0.597. The molecule has 1 atom stereocenters. The van der Waals surface area contributed by atoms with E-state index in [1.165, 1.54) is 0 Å². The number of rotatable bonds is 12. The van der Waals surface area contributed by atoms with Crippen molar-refractivity contribution in [2.24, 2.45) is 0 Å². The SMILES string of the molecule is CC(C)OCCOC[C@H](O)CN(C)CCOc1ccccc1. The smallest absolute Gasteiger partial charge is 0.119 e. The Morgan fingerprint density at radius 3 is 2.50 bits per heavy atom. The molecule has 1 aromatic rings. The first kappa shape index (κ1) is 18.9. The molecular weight excluding hydrogens is 282 g/mol. The highest BCUT2D eigenvalue weighted by atomic mass is 16.5. The number of hydrogen-bond acceptors (Lipinski definition) is 5. The maximum atomic E-state index is 9.90. The van der Waals surface area contributed by atoms with Gasteiger partial charge in [0.1, 0.15) is 12.4 Å². The molecule has 0 spiro atoms. The van der Waals surface area contributed by atoms with Crippen molar-refractivity contribution in [3.05, 3.63) is 30.3 Å². The van der Waals surface area contributed by atoms with Crippen LogP contribution >= 0.6 is 0 Å². The fourth-order valence-electron chi connectivity index (χ4n) is 1.90. The number of aliphatic hydroxyl groups is 1. The van der Waals surface area contributed by atoms with Crippen molar-refractivity contribution in [2.45, 2.75) is 26.1 Å². The lowest BCUT2D eigenvalue weighted by Gasteiger charge is -2.20. The zero-order chi connectivity index (χ0) is 16.2. The van der Waals surface area contributed by atoms with Crippen LogP contribution in [0.2, 0.25) is 0 Å². The summed E-state index contributed by atoms with van der Waals surface area (Å²) in [5.41, 5.74) is 0. The molecule has 0 saturated heterocycles. The highest BCUT2D eigenvalue weighted by Crippen LogP contribution is 2.07. The van der Waals surface area contributed by atoms with Gasteiger partial charge in [0.05, 0.1) is 32.0 Å². The minimum absolute atomic E-state index is 0.212. The van der Waals surface area contributed by atoms with Crippen molar-refractivity contribution >= 4 is 0 Å². The molecule has 0 saturated carbocycles. The maximum absolute atomic E-state index is 9.90. The molecule has 0 radical (unpaired) electrons. The molecule has 0 aliphatic rings. The van der Waals surface area contributed by atoms with Gasteiger partial charge in [-0.15, -0.1) is 0 Å². The van der Waals surface area contributed by atoms with Crippen LogP contribution in [0.5, 0.6) is 5.75 Å². The molecule has 22 heavy (non-hydrogen) atoms. The van der Waals surface area contributed by atoms with E-state index < -0.39 is 6.10 Å². The first-order valence-corrected chi connectivity index (χ1v) is 7.81. The van der Waals surface area contributed by atoms with Crippen LogP contribution in [0.25, 0.3) is 0 Å². The average Bonchev–Trinajstić information content (AvgIpc) is 2.47. The summed E-state index contributed by atoms with van der Waals surface area (Å²) in [6, 6.07) is 9.72. The average molecular weight is 311 g/mol. The van der Waals surface area contributed by atoms with Gasteiger partial charge in [-0.05, 0) is 33.0 Å². The summed E-state index contributed by atoms with van der Waals surface area (Å²) in [4.78, 5) is 2.03. The molecule has 126 valence electrons. The van der Waals surface area contributed by atoms with Gasteiger partial charge < -0.3 is 24.2 Å². The van der Waals surface area contributed by atoms with Gasteiger partial charge in [0.2, 0.25) is 0 Å². The highest BCUT2D eigenvalue weighted by molar-refractivity contribution is 5.20. The van der Waals surface area contributed by atoms with Gasteiger partial charge in [0.15, 0.2) is 0 Å². The van der Waals surface area contributed by atoms with Crippen LogP contribution in [0.3, 0.4) is 0 Å². The normalized spacial score (nSPS) is 12.8. The summed E-state index contributed by atoms with van der Waals surface area (Å²) >= 11 is 0. The Morgan fingerprint density at radius 1 is 1.09 bits per heavy atom. The molecule has 1 rings (SSSR count). The van der Waals surface area contributed by atoms with Crippen LogP contribution in [-0.2, 0) is 9.47 Å². The monoisotopic (exact) mass is 311 g/mol. The van der Waals surface area contributed by atoms with E-state index >= 15 is 0 Å². The van der Waals surface area contributed by atoms with E-state index in [0.29, 0.717) is 33.0 Å². The second-order valence-corrected chi connectivity index (χ2v) is 5.57. The lowest BCUT2D eigenvalue weighted by atomic mass is 10.3. The molecule has 0 fully saturated rings. The van der Waals surface area contributed by atoms with E-state index in [0.717, 1.165) is 12.3 Å². The van der Waals surface area contributed by atoms with Crippen molar-refractivity contribution in [3.8, 4) is 5.75 Å². The van der Waals surface area contributed by atoms with Crippen LogP contribution in [0.1, 0.15) is 13.8 Å². The van der Waals surface area contributed by atoms with Gasteiger partial charge in [-0.3, -0.25) is 0 Å². The van der Waals surface area contributed by atoms with Crippen molar-refractivity contribution in [1.82, 2.24) is 4.90 Å². The molecule has 5 heteroatoms. The molecule has 1 aromatic carbocycles. The summed E-state index contributed by atoms with van der Waals surface area (Å²) in [6.45, 7) is 7.27. The van der Waals surface area contributed by atoms with Crippen molar-refractivity contribution in [1.29, 1.82) is 0 Å². The fraction of sp³-hybridized carbons (Fsp3) is 0.647. The number of benzene rings is 1. The fourth-order valence-corrected chi connectivity index (χ4v) is 1.90. The van der Waals surface area contributed by atoms with E-state index in [2.05, 4.69) is 0 Å². The second kappa shape index (κ2) is 11.4. The van der Waals surface area contributed by atoms with Gasteiger partial charge in [-0.2, -0.15) is 0 Å². The zero-order valence-corrected chi connectivity index (χ0v) is 13.9. The van der Waals surface area contributed by atoms with Gasteiger partial charge in [-0.1, -0.05) is 18.2 Å². The number of likely N-dealkylation sites (N-methyl/N-ethyl adjacent to an activating group) is 1. The Labute approximate surface area is 133 Å². The Bertz CT molecular complexity index is 372. The molecule has 0 unspecified atom stereocenters. The maximum Gasteiger partial charge on any atom is 0.119 e. The van der Waals surface area contributed by atoms with E-state index in [4.69, 9.17) is 14.2 Å². The molecule has 0 amide bonds. The number of hydrogen-bond donors (Lipinski definition) is 1. The Balaban J connectivity index is 2.02. The second-order valence-electron chi connectivity index (χ2n) is 5.57. The summed E-state index contributed by atoms with van der Waals surface area (Å²) in [7, 11) is 1.96. The topological polar surface area (TPSA) is 51.2 Å². The van der Waals surface area contributed by atoms with Crippen molar-refractivity contribution in [3.63, 3.8) is 0 Å². The number of para-hydroxylation sites is 1. The minimum Gasteiger partial charge on any atom is -0.492 e. The highest BCUT2D eigenvalue weighted by Gasteiger charge is 2.08. The molecule has 0 aliphatic carbocycles. The lowest BCUT2D eigenvalue weighted by molar-refractivity contribution is -0.0174. The molecule has 1 N–H and O–H groups in total.